The maximum absolute atomic E-state index is 13.6. The van der Waals surface area contributed by atoms with E-state index in [-0.39, 0.29) is 0 Å². The van der Waals surface area contributed by atoms with E-state index in [4.69, 9.17) is 0 Å². The molecule has 0 amide bonds. The van der Waals surface area contributed by atoms with Crippen LogP contribution in [0.2, 0.25) is 0 Å². The molecule has 0 saturated heterocycles. The SMILES string of the molecule is CCC(O)(CC)C(F)(F)C(F)(F)C(F)(F)C(F)(F)C(F)(F)C(F)(F)F. The molecule has 14 heteroatoms. The van der Waals surface area contributed by atoms with E-state index in [0.717, 1.165) is 0 Å². The van der Waals surface area contributed by atoms with Gasteiger partial charge in [0.2, 0.25) is 0 Å². The van der Waals surface area contributed by atoms with Crippen molar-refractivity contribution < 1.29 is 62.2 Å². The van der Waals surface area contributed by atoms with E-state index in [2.05, 4.69) is 0 Å². The van der Waals surface area contributed by atoms with Gasteiger partial charge in [-0.15, -0.1) is 0 Å². The van der Waals surface area contributed by atoms with E-state index < -0.39 is 54.2 Å². The van der Waals surface area contributed by atoms with Gasteiger partial charge < -0.3 is 5.11 Å². The van der Waals surface area contributed by atoms with Gasteiger partial charge in [0.05, 0.1) is 0 Å². The minimum atomic E-state index is -7.95. The zero-order valence-electron chi connectivity index (χ0n) is 12.3. The third-order valence-corrected chi connectivity index (χ3v) is 3.69. The number of alkyl halides is 13. The smallest absolute Gasteiger partial charge is 0.383 e. The number of rotatable bonds is 7. The van der Waals surface area contributed by atoms with Gasteiger partial charge in [-0.25, -0.2) is 0 Å². The van der Waals surface area contributed by atoms with Crippen molar-refractivity contribution in [1.29, 1.82) is 0 Å². The van der Waals surface area contributed by atoms with Crippen molar-refractivity contribution in [3.63, 3.8) is 0 Å². The Balaban J connectivity index is 6.49. The van der Waals surface area contributed by atoms with Gasteiger partial charge in [-0.05, 0) is 12.8 Å². The molecule has 0 aliphatic rings. The van der Waals surface area contributed by atoms with Crippen molar-refractivity contribution in [2.45, 2.75) is 68.1 Å². The predicted octanol–water partition coefficient (Wildman–Crippen LogP) is 5.28. The first-order valence-electron chi connectivity index (χ1n) is 6.30. The molecule has 0 aromatic carbocycles. The van der Waals surface area contributed by atoms with Crippen LogP contribution in [0.15, 0.2) is 0 Å². The molecular formula is C11H11F13O. The molecule has 0 aliphatic carbocycles. The predicted molar refractivity (Wildman–Crippen MR) is 56.3 cm³/mol. The average molecular weight is 406 g/mol. The minimum absolute atomic E-state index is 0.550. The molecule has 1 nitrogen and oxygen atoms in total. The van der Waals surface area contributed by atoms with Crippen molar-refractivity contribution in [2.24, 2.45) is 0 Å². The summed E-state index contributed by atoms with van der Waals surface area (Å²) in [5.74, 6) is -37.5. The minimum Gasteiger partial charge on any atom is -0.383 e. The van der Waals surface area contributed by atoms with E-state index in [9.17, 15) is 62.2 Å². The summed E-state index contributed by atoms with van der Waals surface area (Å²) in [5.41, 5.74) is -4.08. The van der Waals surface area contributed by atoms with Gasteiger partial charge in [0.1, 0.15) is 5.60 Å². The second kappa shape index (κ2) is 6.05. The molecule has 1 N–H and O–H groups in total. The fourth-order valence-electron chi connectivity index (χ4n) is 1.76. The fourth-order valence-corrected chi connectivity index (χ4v) is 1.76. The molecule has 0 unspecified atom stereocenters. The molecule has 0 fully saturated rings. The maximum Gasteiger partial charge on any atom is 0.460 e. The molecule has 152 valence electrons. The first-order valence-corrected chi connectivity index (χ1v) is 6.30. The van der Waals surface area contributed by atoms with E-state index in [1.165, 1.54) is 0 Å². The lowest BCUT2D eigenvalue weighted by Gasteiger charge is -2.44. The fraction of sp³-hybridized carbons (Fsp3) is 1.00. The molecule has 0 radical (unpaired) electrons. The summed E-state index contributed by atoms with van der Waals surface area (Å²) >= 11 is 0. The third-order valence-electron chi connectivity index (χ3n) is 3.69. The highest BCUT2D eigenvalue weighted by Gasteiger charge is 2.92. The summed E-state index contributed by atoms with van der Waals surface area (Å²) in [6.45, 7) is 1.10. The molecular weight excluding hydrogens is 395 g/mol. The van der Waals surface area contributed by atoms with Crippen LogP contribution in [0.3, 0.4) is 0 Å². The van der Waals surface area contributed by atoms with Crippen LogP contribution in [0.5, 0.6) is 0 Å². The molecule has 0 saturated carbocycles. The van der Waals surface area contributed by atoms with Crippen LogP contribution in [0.1, 0.15) is 26.7 Å². The normalized spacial score (nSPS) is 16.3. The van der Waals surface area contributed by atoms with E-state index in [1.807, 2.05) is 0 Å². The number of halogens is 13. The first kappa shape index (κ1) is 24.1. The summed E-state index contributed by atoms with van der Waals surface area (Å²) < 4.78 is 167. The topological polar surface area (TPSA) is 20.2 Å². The zero-order valence-corrected chi connectivity index (χ0v) is 12.3. The van der Waals surface area contributed by atoms with Gasteiger partial charge in [-0.2, -0.15) is 57.1 Å². The van der Waals surface area contributed by atoms with E-state index in [1.54, 1.807) is 0 Å². The molecule has 0 aromatic rings. The van der Waals surface area contributed by atoms with E-state index in [0.29, 0.717) is 13.8 Å². The standard InChI is InChI=1S/C11H11F13O/c1-3-5(25,4-2)6(12,13)7(14,15)8(16,17)9(18,19)10(20,21)11(22,23)24/h25H,3-4H2,1-2H3. The van der Waals surface area contributed by atoms with Gasteiger partial charge >= 0.3 is 35.8 Å². The van der Waals surface area contributed by atoms with Crippen molar-refractivity contribution in [3.8, 4) is 0 Å². The lowest BCUT2D eigenvalue weighted by atomic mass is 9.81. The molecule has 0 atom stereocenters. The van der Waals surface area contributed by atoms with Crippen molar-refractivity contribution in [2.75, 3.05) is 0 Å². The number of hydrogen-bond acceptors (Lipinski definition) is 1. The van der Waals surface area contributed by atoms with Gasteiger partial charge in [0.25, 0.3) is 0 Å². The van der Waals surface area contributed by atoms with Crippen molar-refractivity contribution in [3.05, 3.63) is 0 Å². The molecule has 25 heavy (non-hydrogen) atoms. The molecule has 0 heterocycles. The number of hydrogen-bond donors (Lipinski definition) is 1. The van der Waals surface area contributed by atoms with Crippen LogP contribution in [0.25, 0.3) is 0 Å². The van der Waals surface area contributed by atoms with Crippen LogP contribution >= 0.6 is 0 Å². The Morgan fingerprint density at radius 1 is 0.480 bits per heavy atom. The lowest BCUT2D eigenvalue weighted by molar-refractivity contribution is -0.449. The molecule has 0 aliphatic heterocycles. The van der Waals surface area contributed by atoms with Gasteiger partial charge in [0, 0.05) is 0 Å². The second-order valence-corrected chi connectivity index (χ2v) is 5.11. The summed E-state index contributed by atoms with van der Waals surface area (Å²) in [6, 6.07) is 0. The Morgan fingerprint density at radius 2 is 0.720 bits per heavy atom. The quantitative estimate of drug-likeness (QED) is 0.571. The van der Waals surface area contributed by atoms with Crippen LogP contribution in [0.4, 0.5) is 57.1 Å². The van der Waals surface area contributed by atoms with Gasteiger partial charge in [-0.3, -0.25) is 0 Å². The number of aliphatic hydroxyl groups is 1. The Bertz CT molecular complexity index is 475. The molecule has 0 aromatic heterocycles. The highest BCUT2D eigenvalue weighted by molar-refractivity contribution is 5.14. The van der Waals surface area contributed by atoms with Crippen LogP contribution in [0, 0.1) is 0 Å². The first-order chi connectivity index (χ1) is 10.6. The van der Waals surface area contributed by atoms with E-state index >= 15 is 0 Å². The monoisotopic (exact) mass is 406 g/mol. The molecule has 0 rings (SSSR count). The van der Waals surface area contributed by atoms with Crippen LogP contribution in [-0.2, 0) is 0 Å². The maximum atomic E-state index is 13.6. The highest BCUT2D eigenvalue weighted by atomic mass is 19.4. The molecule has 0 bridgehead atoms. The zero-order chi connectivity index (χ0) is 20.9. The van der Waals surface area contributed by atoms with Gasteiger partial charge in [-0.1, -0.05) is 13.8 Å². The highest BCUT2D eigenvalue weighted by Crippen LogP contribution is 2.62. The summed E-state index contributed by atoms with van der Waals surface area (Å²) in [6.07, 6.45) is -10.3. The summed E-state index contributed by atoms with van der Waals surface area (Å²) in [5, 5.41) is 9.27. The third kappa shape index (κ3) is 2.93. The van der Waals surface area contributed by atoms with Crippen molar-refractivity contribution in [1.82, 2.24) is 0 Å². The Kier molecular flexibility index (Phi) is 5.82. The van der Waals surface area contributed by atoms with Crippen molar-refractivity contribution >= 4 is 0 Å². The Morgan fingerprint density at radius 3 is 0.960 bits per heavy atom. The molecule has 0 spiro atoms. The summed E-state index contributed by atoms with van der Waals surface area (Å²) in [4.78, 5) is 0. The lowest BCUT2D eigenvalue weighted by Crippen LogP contribution is -2.73. The summed E-state index contributed by atoms with van der Waals surface area (Å²) in [7, 11) is 0. The Labute approximate surface area is 131 Å². The van der Waals surface area contributed by atoms with Crippen LogP contribution in [-0.4, -0.2) is 46.5 Å². The average Bonchev–Trinajstić information content (AvgIpc) is 2.43. The largest absolute Gasteiger partial charge is 0.460 e. The van der Waals surface area contributed by atoms with Crippen LogP contribution < -0.4 is 0 Å². The Hall–Kier alpha value is -0.950. The van der Waals surface area contributed by atoms with Gasteiger partial charge in [0.15, 0.2) is 0 Å². The second-order valence-electron chi connectivity index (χ2n) is 5.11.